The van der Waals surface area contributed by atoms with Crippen LogP contribution in [0.3, 0.4) is 0 Å². The summed E-state index contributed by atoms with van der Waals surface area (Å²) in [7, 11) is 0. The van der Waals surface area contributed by atoms with Gasteiger partial charge in [-0.25, -0.2) is 19.9 Å². The van der Waals surface area contributed by atoms with Gasteiger partial charge in [-0.3, -0.25) is 0 Å². The van der Waals surface area contributed by atoms with Crippen LogP contribution in [0.25, 0.3) is 118 Å². The summed E-state index contributed by atoms with van der Waals surface area (Å²) in [6, 6.07) is 30.1. The number of rotatable bonds is 66. The van der Waals surface area contributed by atoms with E-state index in [1.165, 1.54) is 481 Å². The van der Waals surface area contributed by atoms with E-state index in [2.05, 4.69) is 142 Å². The van der Waals surface area contributed by atoms with E-state index in [4.69, 9.17) is 19.9 Å². The van der Waals surface area contributed by atoms with Crippen LogP contribution in [0.15, 0.2) is 72.8 Å². The van der Waals surface area contributed by atoms with Crippen LogP contribution in [0, 0.1) is 13.8 Å². The van der Waals surface area contributed by atoms with Crippen molar-refractivity contribution < 1.29 is 0 Å². The maximum atomic E-state index is 5.94. The lowest BCUT2D eigenvalue weighted by Crippen LogP contribution is -1.93. The first-order valence-electron chi connectivity index (χ1n) is 51.6. The van der Waals surface area contributed by atoms with Crippen LogP contribution in [-0.2, 0) is 51.4 Å². The van der Waals surface area contributed by atoms with Gasteiger partial charge in [-0.2, -0.15) is 0 Å². The van der Waals surface area contributed by atoms with Crippen molar-refractivity contribution in [3.63, 3.8) is 0 Å². The standard InChI is InChI=1S/C112H154N4S12/c1-11-19-27-35-43-51-59-83-71-79(9)118-103(83)109-115-89(65-57-49-41-33-25-17-7)107(127-109)108-90(66-58-50-42-34-26-18-8)116-112(128-108)106-86(62-54-46-38-30-22-14-4)75-94(124-106)98-78-100-99(121-98)77-97(120-100)93-74-85(61-53-45-37-29-21-13-3)105(123-93)111-114-88(64-56-48-40-32-24-16-6)102(126-111)82-69-67-81(68-70-82)101-87(63-55-47-39-31-23-15-5)113-110(125-101)104-84(60-52-44-36-28-20-12-2)73-92(122-104)96-76-95-91(119-96)72-80(10)117-95/h67-78H,11-66H2,1-10H3. The van der Waals surface area contributed by atoms with Crippen LogP contribution in [-0.4, -0.2) is 19.9 Å². The molecule has 13 aromatic rings. The molecule has 0 amide bonds. The highest BCUT2D eigenvalue weighted by molar-refractivity contribution is 7.35. The Bertz CT molecular complexity index is 5270. The molecule has 694 valence electrons. The zero-order valence-corrected chi connectivity index (χ0v) is 90.0. The fourth-order valence-corrected chi connectivity index (χ4v) is 33.3. The molecule has 12 heterocycles. The van der Waals surface area contributed by atoms with Crippen LogP contribution < -0.4 is 0 Å². The van der Waals surface area contributed by atoms with Crippen molar-refractivity contribution in [2.75, 3.05) is 0 Å². The van der Waals surface area contributed by atoms with Crippen LogP contribution in [0.5, 0.6) is 0 Å². The minimum Gasteiger partial charge on any atom is -0.240 e. The summed E-state index contributed by atoms with van der Waals surface area (Å²) in [5.74, 6) is 0. The molecule has 12 aromatic heterocycles. The van der Waals surface area contributed by atoms with E-state index in [0.717, 1.165) is 51.4 Å². The minimum absolute atomic E-state index is 1.02. The van der Waals surface area contributed by atoms with Crippen molar-refractivity contribution in [1.29, 1.82) is 0 Å². The summed E-state index contributed by atoms with van der Waals surface area (Å²) in [6.07, 6.45) is 70.8. The highest BCUT2D eigenvalue weighted by Crippen LogP contribution is 2.54. The van der Waals surface area contributed by atoms with Crippen LogP contribution in [0.4, 0.5) is 0 Å². The molecule has 13 rings (SSSR count). The number of unbranched alkanes of at least 4 members (excludes halogenated alkanes) is 40. The lowest BCUT2D eigenvalue weighted by molar-refractivity contribution is 0.604. The van der Waals surface area contributed by atoms with Gasteiger partial charge >= 0.3 is 0 Å². The number of nitrogens with zero attached hydrogens (tertiary/aromatic N) is 4. The van der Waals surface area contributed by atoms with Gasteiger partial charge in [-0.1, -0.05) is 336 Å². The van der Waals surface area contributed by atoms with Crippen LogP contribution >= 0.6 is 136 Å². The van der Waals surface area contributed by atoms with Gasteiger partial charge in [0.2, 0.25) is 0 Å². The Morgan fingerprint density at radius 2 is 0.391 bits per heavy atom. The van der Waals surface area contributed by atoms with Crippen LogP contribution in [0.1, 0.15) is 418 Å². The molecule has 4 nitrogen and oxygen atoms in total. The highest BCUT2D eigenvalue weighted by Gasteiger charge is 2.29. The molecule has 0 saturated heterocycles. The summed E-state index contributed by atoms with van der Waals surface area (Å²) >= 11 is 24.0. The van der Waals surface area contributed by atoms with E-state index in [1.54, 1.807) is 0 Å². The molecule has 0 bridgehead atoms. The number of aromatic nitrogens is 4. The zero-order chi connectivity index (χ0) is 89.0. The summed E-state index contributed by atoms with van der Waals surface area (Å²) in [5.41, 5.74) is 13.9. The van der Waals surface area contributed by atoms with Gasteiger partial charge in [-0.15, -0.1) is 136 Å². The molecular weight excluding hydrogens is 1790 g/mol. The predicted molar refractivity (Wildman–Crippen MR) is 588 cm³/mol. The Labute approximate surface area is 822 Å². The number of thiophene rings is 8. The third-order valence-corrected chi connectivity index (χ3v) is 41.1. The number of benzene rings is 1. The maximum absolute atomic E-state index is 5.94. The average Bonchev–Trinajstić information content (AvgIpc) is 1.61. The second-order valence-electron chi connectivity index (χ2n) is 37.2. The third-order valence-electron chi connectivity index (χ3n) is 26.1. The normalized spacial score (nSPS) is 12.0. The van der Waals surface area contributed by atoms with Gasteiger partial charge < -0.3 is 0 Å². The van der Waals surface area contributed by atoms with E-state index in [0.29, 0.717) is 0 Å². The summed E-state index contributed by atoms with van der Waals surface area (Å²) in [5, 5.41) is 4.95. The number of aryl methyl sites for hydroxylation is 10. The van der Waals surface area contributed by atoms with Gasteiger partial charge in [0.25, 0.3) is 0 Å². The monoisotopic (exact) mass is 1940 g/mol. The van der Waals surface area contributed by atoms with E-state index < -0.39 is 0 Å². The molecule has 0 N–H and O–H groups in total. The van der Waals surface area contributed by atoms with Crippen molar-refractivity contribution in [2.45, 2.75) is 429 Å². The Balaban J connectivity index is 0.824. The van der Waals surface area contributed by atoms with Crippen molar-refractivity contribution in [2.24, 2.45) is 0 Å². The minimum atomic E-state index is 1.02. The molecule has 0 aliphatic carbocycles. The Kier molecular flexibility index (Phi) is 43.7. The van der Waals surface area contributed by atoms with E-state index >= 15 is 0 Å². The molecule has 128 heavy (non-hydrogen) atoms. The number of hydrogen-bond donors (Lipinski definition) is 0. The van der Waals surface area contributed by atoms with Gasteiger partial charge in [0.1, 0.15) is 20.0 Å². The molecule has 16 heteroatoms. The molecule has 0 aliphatic heterocycles. The fraction of sp³-hybridized carbons (Fsp3) is 0.589. The van der Waals surface area contributed by atoms with E-state index in [-0.39, 0.29) is 0 Å². The number of hydrogen-bond acceptors (Lipinski definition) is 16. The first kappa shape index (κ1) is 101. The molecule has 0 saturated carbocycles. The lowest BCUT2D eigenvalue weighted by atomic mass is 10.0. The molecule has 0 radical (unpaired) electrons. The van der Waals surface area contributed by atoms with E-state index in [1.807, 2.05) is 136 Å². The maximum Gasteiger partial charge on any atom is 0.134 e. The summed E-state index contributed by atoms with van der Waals surface area (Å²) in [6.45, 7) is 23.3. The zero-order valence-electron chi connectivity index (χ0n) is 80.2. The molecule has 1 aromatic carbocycles. The van der Waals surface area contributed by atoms with E-state index in [9.17, 15) is 0 Å². The molecule has 0 unspecified atom stereocenters. The van der Waals surface area contributed by atoms with Gasteiger partial charge in [-0.05, 0) is 198 Å². The number of thiazole rings is 4. The smallest absolute Gasteiger partial charge is 0.134 e. The largest absolute Gasteiger partial charge is 0.240 e. The van der Waals surface area contributed by atoms with Crippen molar-refractivity contribution in [1.82, 2.24) is 19.9 Å². The topological polar surface area (TPSA) is 51.6 Å². The Morgan fingerprint density at radius 3 is 0.672 bits per heavy atom. The Morgan fingerprint density at radius 1 is 0.180 bits per heavy atom. The summed E-state index contributed by atoms with van der Waals surface area (Å²) < 4.78 is 5.67. The van der Waals surface area contributed by atoms with Gasteiger partial charge in [0.05, 0.1) is 61.8 Å². The van der Waals surface area contributed by atoms with Gasteiger partial charge in [0.15, 0.2) is 0 Å². The first-order valence-corrected chi connectivity index (χ1v) is 61.4. The SMILES string of the molecule is CCCCCCCCc1cc(C)sc1-c1nc(CCCCCCCC)c(-c2sc(-c3sc(-c4cc5sc(-c6cc(CCCCCCCC)c(-c7nc(CCCCCCCC)c(-c8ccc(-c9sc(-c%10sc(-c%11cc%12sc(C)cc%12s%11)cc%10CCCCCCCC)nc9CCCCCCCC)cc8)s7)s6)cc5s4)cc3CCCCCCCC)nc2CCCCCCCC)s1. The molecule has 0 spiro atoms. The number of fused-ring (bicyclic) bond motifs is 2. The Hall–Kier alpha value is -4.14. The predicted octanol–water partition coefficient (Wildman–Crippen LogP) is 42.8. The van der Waals surface area contributed by atoms with Crippen molar-refractivity contribution >= 4 is 155 Å². The molecule has 0 aliphatic rings. The lowest BCUT2D eigenvalue weighted by Gasteiger charge is -2.06. The van der Waals surface area contributed by atoms with Crippen molar-refractivity contribution in [3.05, 3.63) is 128 Å². The third kappa shape index (κ3) is 29.4. The fourth-order valence-electron chi connectivity index (χ4n) is 18.6. The van der Waals surface area contributed by atoms with Crippen LogP contribution in [0.2, 0.25) is 0 Å². The summed E-state index contributed by atoms with van der Waals surface area (Å²) in [4.78, 5) is 45.9. The average molecular weight is 1940 g/mol. The first-order chi connectivity index (χ1) is 63.0. The van der Waals surface area contributed by atoms with Gasteiger partial charge in [0, 0.05) is 57.8 Å². The quantitative estimate of drug-likeness (QED) is 0.0357. The molecule has 0 atom stereocenters. The molecular formula is C112H154N4S12. The second-order valence-corrected chi connectivity index (χ2v) is 50.1. The highest BCUT2D eigenvalue weighted by atomic mass is 32.1. The second kappa shape index (κ2) is 55.2. The van der Waals surface area contributed by atoms with Crippen molar-refractivity contribution in [3.8, 4) is 99.4 Å². The molecule has 0 fully saturated rings.